The molecule has 4 aromatic rings. The maximum atomic E-state index is 12.9. The minimum absolute atomic E-state index is 0.172. The van der Waals surface area contributed by atoms with E-state index in [1.54, 1.807) is 0 Å². The van der Waals surface area contributed by atoms with Gasteiger partial charge in [-0.05, 0) is 28.8 Å². The maximum absolute atomic E-state index is 12.9. The van der Waals surface area contributed by atoms with Gasteiger partial charge in [-0.1, -0.05) is 71.4 Å². The number of fused-ring (bicyclic) bond motifs is 1. The van der Waals surface area contributed by atoms with E-state index in [9.17, 15) is 14.7 Å². The molecule has 0 bridgehead atoms. The summed E-state index contributed by atoms with van der Waals surface area (Å²) in [6.45, 7) is -0.146. The van der Waals surface area contributed by atoms with Gasteiger partial charge in [0.15, 0.2) is 6.10 Å². The van der Waals surface area contributed by atoms with Crippen LogP contribution >= 0.6 is 11.6 Å². The summed E-state index contributed by atoms with van der Waals surface area (Å²) in [5.41, 5.74) is 6.70. The van der Waals surface area contributed by atoms with Gasteiger partial charge in [0.2, 0.25) is 0 Å². The van der Waals surface area contributed by atoms with Gasteiger partial charge in [-0.25, -0.2) is 9.80 Å². The van der Waals surface area contributed by atoms with Crippen molar-refractivity contribution < 1.29 is 19.8 Å². The zero-order chi connectivity index (χ0) is 23.4. The average molecular weight is 466 g/mol. The summed E-state index contributed by atoms with van der Waals surface area (Å²) < 4.78 is 0. The molecule has 0 aliphatic heterocycles. The Morgan fingerprint density at radius 2 is 1.76 bits per heavy atom. The second-order valence-electron chi connectivity index (χ2n) is 7.40. The van der Waals surface area contributed by atoms with E-state index in [2.05, 4.69) is 20.8 Å². The smallest absolute Gasteiger partial charge is 0.333 e. The quantitative estimate of drug-likeness (QED) is 0.294. The van der Waals surface area contributed by atoms with Gasteiger partial charge < -0.3 is 10.2 Å². The third-order valence-electron chi connectivity index (χ3n) is 5.02. The highest BCUT2D eigenvalue weighted by atomic mass is 35.5. The first kappa shape index (κ1) is 22.4. The highest BCUT2D eigenvalue weighted by Crippen LogP contribution is 2.22. The summed E-state index contributed by atoms with van der Waals surface area (Å²) in [6, 6.07) is 20.5. The van der Waals surface area contributed by atoms with Crippen LogP contribution in [0, 0.1) is 0 Å². The summed E-state index contributed by atoms with van der Waals surface area (Å²) in [4.78, 5) is 24.0. The van der Waals surface area contributed by atoms with Crippen molar-refractivity contribution in [2.24, 2.45) is 0 Å². The number of rotatable bonds is 8. The summed E-state index contributed by atoms with van der Waals surface area (Å²) in [5.74, 6) is -1.92. The Morgan fingerprint density at radius 3 is 2.45 bits per heavy atom. The molecule has 1 atom stereocenters. The van der Waals surface area contributed by atoms with E-state index < -0.39 is 18.0 Å². The van der Waals surface area contributed by atoms with Crippen molar-refractivity contribution in [1.82, 2.24) is 25.8 Å². The Balaban J connectivity index is 1.53. The summed E-state index contributed by atoms with van der Waals surface area (Å²) in [6.07, 6.45) is -1.68. The lowest BCUT2D eigenvalue weighted by Gasteiger charge is -2.24. The molecule has 0 spiro atoms. The van der Waals surface area contributed by atoms with Crippen LogP contribution in [0.4, 0.5) is 0 Å². The molecule has 33 heavy (non-hydrogen) atoms. The molecule has 4 rings (SSSR count). The fourth-order valence-corrected chi connectivity index (χ4v) is 3.60. The van der Waals surface area contributed by atoms with Gasteiger partial charge in [-0.3, -0.25) is 15.3 Å². The predicted octanol–water partition coefficient (Wildman–Crippen LogP) is 2.87. The molecule has 0 fully saturated rings. The molecule has 0 saturated heterocycles. The molecule has 0 saturated carbocycles. The van der Waals surface area contributed by atoms with Crippen molar-refractivity contribution in [2.45, 2.75) is 12.6 Å². The van der Waals surface area contributed by atoms with Gasteiger partial charge in [0.05, 0.1) is 11.6 Å². The number of carbonyl (C=O) groups excluding carboxylic acids is 1. The van der Waals surface area contributed by atoms with Crippen molar-refractivity contribution in [3.05, 3.63) is 82.9 Å². The van der Waals surface area contributed by atoms with Crippen molar-refractivity contribution in [3.63, 3.8) is 0 Å². The lowest BCUT2D eigenvalue weighted by atomic mass is 10.0. The van der Waals surface area contributed by atoms with E-state index in [0.29, 0.717) is 11.0 Å². The number of nitrogens with zero attached hydrogens (tertiary/aromatic N) is 3. The molecule has 3 aromatic carbocycles. The van der Waals surface area contributed by atoms with Crippen LogP contribution in [0.15, 0.2) is 66.7 Å². The number of aliphatic carboxylic acids is 1. The minimum atomic E-state index is -1.68. The van der Waals surface area contributed by atoms with E-state index in [4.69, 9.17) is 16.7 Å². The molecule has 168 valence electrons. The van der Waals surface area contributed by atoms with Gasteiger partial charge >= 0.3 is 5.97 Å². The molecule has 1 amide bonds. The van der Waals surface area contributed by atoms with E-state index in [1.807, 2.05) is 54.6 Å². The SMILES string of the molecule is O=C(NN(Cc1ccc(-c2ccccc2)cc1)CC(O)C(=O)O)c1cc(Cl)c2[nH]nnc2c1. The van der Waals surface area contributed by atoms with Crippen LogP contribution in [-0.2, 0) is 11.3 Å². The molecule has 0 aliphatic carbocycles. The predicted molar refractivity (Wildman–Crippen MR) is 122 cm³/mol. The van der Waals surface area contributed by atoms with Crippen molar-refractivity contribution in [3.8, 4) is 11.1 Å². The molecular formula is C23H20ClN5O4. The van der Waals surface area contributed by atoms with Crippen molar-refractivity contribution >= 4 is 34.5 Å². The van der Waals surface area contributed by atoms with Crippen LogP contribution in [0.1, 0.15) is 15.9 Å². The van der Waals surface area contributed by atoms with Crippen LogP contribution < -0.4 is 5.43 Å². The number of amides is 1. The fourth-order valence-electron chi connectivity index (χ4n) is 3.34. The average Bonchev–Trinajstić information content (AvgIpc) is 3.29. The van der Waals surface area contributed by atoms with Crippen LogP contribution in [0.5, 0.6) is 0 Å². The fraction of sp³-hybridized carbons (Fsp3) is 0.130. The standard InChI is InChI=1S/C23H20ClN5O4/c24-18-10-17(11-19-21(18)26-28-25-19)22(31)27-29(13-20(30)23(32)33)12-14-6-8-16(9-7-14)15-4-2-1-3-5-15/h1-11,20,30H,12-13H2,(H,27,31)(H,32,33)(H,25,26,28). The van der Waals surface area contributed by atoms with Crippen LogP contribution in [0.25, 0.3) is 22.2 Å². The lowest BCUT2D eigenvalue weighted by molar-refractivity contribution is -0.148. The largest absolute Gasteiger partial charge is 0.479 e. The van der Waals surface area contributed by atoms with Crippen LogP contribution in [-0.4, -0.2) is 55.2 Å². The highest BCUT2D eigenvalue weighted by molar-refractivity contribution is 6.35. The van der Waals surface area contributed by atoms with Crippen molar-refractivity contribution in [2.75, 3.05) is 6.54 Å². The van der Waals surface area contributed by atoms with Gasteiger partial charge in [0, 0.05) is 12.1 Å². The lowest BCUT2D eigenvalue weighted by Crippen LogP contribution is -2.47. The number of benzene rings is 3. The zero-order valence-electron chi connectivity index (χ0n) is 17.3. The van der Waals surface area contributed by atoms with E-state index in [-0.39, 0.29) is 23.7 Å². The first-order valence-electron chi connectivity index (χ1n) is 10.0. The topological polar surface area (TPSA) is 131 Å². The molecule has 10 heteroatoms. The highest BCUT2D eigenvalue weighted by Gasteiger charge is 2.21. The number of hydrogen-bond donors (Lipinski definition) is 4. The zero-order valence-corrected chi connectivity index (χ0v) is 18.0. The number of aromatic amines is 1. The normalized spacial score (nSPS) is 12.1. The Morgan fingerprint density at radius 1 is 1.06 bits per heavy atom. The maximum Gasteiger partial charge on any atom is 0.333 e. The van der Waals surface area contributed by atoms with Gasteiger partial charge in [0.25, 0.3) is 5.91 Å². The van der Waals surface area contributed by atoms with Crippen LogP contribution in [0.2, 0.25) is 5.02 Å². The number of nitrogens with one attached hydrogen (secondary N) is 2. The Labute approximate surface area is 193 Å². The molecule has 1 unspecified atom stereocenters. The van der Waals surface area contributed by atoms with Crippen LogP contribution in [0.3, 0.4) is 0 Å². The minimum Gasteiger partial charge on any atom is -0.479 e. The number of hydrogen-bond acceptors (Lipinski definition) is 6. The number of halogens is 1. The first-order chi connectivity index (χ1) is 15.9. The third kappa shape index (κ3) is 5.35. The van der Waals surface area contributed by atoms with E-state index in [1.165, 1.54) is 17.1 Å². The Hall–Kier alpha value is -3.79. The number of aromatic nitrogens is 3. The Bertz CT molecular complexity index is 1280. The van der Waals surface area contributed by atoms with Gasteiger partial charge in [-0.15, -0.1) is 5.10 Å². The molecule has 1 aromatic heterocycles. The van der Waals surface area contributed by atoms with E-state index in [0.717, 1.165) is 16.7 Å². The van der Waals surface area contributed by atoms with E-state index >= 15 is 0 Å². The summed E-state index contributed by atoms with van der Waals surface area (Å²) in [7, 11) is 0. The van der Waals surface area contributed by atoms with Crippen molar-refractivity contribution in [1.29, 1.82) is 0 Å². The molecule has 0 aliphatic rings. The number of carbonyl (C=O) groups is 2. The second kappa shape index (κ2) is 9.78. The number of aliphatic hydroxyl groups is 1. The summed E-state index contributed by atoms with van der Waals surface area (Å²) >= 11 is 6.18. The molecule has 0 radical (unpaired) electrons. The van der Waals surface area contributed by atoms with Gasteiger partial charge in [-0.2, -0.15) is 0 Å². The van der Waals surface area contributed by atoms with Gasteiger partial charge in [0.1, 0.15) is 11.0 Å². The number of carboxylic acids is 1. The monoisotopic (exact) mass is 465 g/mol. The third-order valence-corrected chi connectivity index (χ3v) is 5.32. The summed E-state index contributed by atoms with van der Waals surface area (Å²) in [5, 5.41) is 30.8. The number of carboxylic acid groups (broad SMARTS) is 1. The molecule has 4 N–H and O–H groups in total. The Kier molecular flexibility index (Phi) is 6.64. The number of hydrazine groups is 1. The molecule has 1 heterocycles. The number of aliphatic hydroxyl groups excluding tert-OH is 1. The molecule has 9 nitrogen and oxygen atoms in total. The second-order valence-corrected chi connectivity index (χ2v) is 7.81. The number of H-pyrrole nitrogens is 1. The molecular weight excluding hydrogens is 446 g/mol. The first-order valence-corrected chi connectivity index (χ1v) is 10.4.